The summed E-state index contributed by atoms with van der Waals surface area (Å²) in [5.74, 6) is 0. The lowest BCUT2D eigenvalue weighted by Crippen LogP contribution is -2.14. The van der Waals surface area contributed by atoms with Crippen LogP contribution in [0.15, 0.2) is 47.4 Å². The molecule has 0 spiro atoms. The van der Waals surface area contributed by atoms with Gasteiger partial charge < -0.3 is 0 Å². The van der Waals surface area contributed by atoms with E-state index in [0.29, 0.717) is 10.7 Å². The summed E-state index contributed by atoms with van der Waals surface area (Å²) in [5, 5.41) is 9.44. The number of nitriles is 1. The summed E-state index contributed by atoms with van der Waals surface area (Å²) in [5.41, 5.74) is 1.30. The average molecular weight is 307 g/mol. The van der Waals surface area contributed by atoms with E-state index in [1.54, 1.807) is 24.3 Å². The Morgan fingerprint density at radius 1 is 1.20 bits per heavy atom. The topological polar surface area (TPSA) is 70.0 Å². The molecule has 0 amide bonds. The van der Waals surface area contributed by atoms with Gasteiger partial charge in [-0.25, -0.2) is 8.42 Å². The second-order valence-electron chi connectivity index (χ2n) is 4.18. The van der Waals surface area contributed by atoms with Crippen molar-refractivity contribution in [1.82, 2.24) is 0 Å². The van der Waals surface area contributed by atoms with Gasteiger partial charge in [-0.15, -0.1) is 0 Å². The van der Waals surface area contributed by atoms with E-state index in [4.69, 9.17) is 16.9 Å². The van der Waals surface area contributed by atoms with Gasteiger partial charge in [0.25, 0.3) is 10.0 Å². The molecule has 0 saturated carbocycles. The van der Waals surface area contributed by atoms with E-state index < -0.39 is 10.0 Å². The smallest absolute Gasteiger partial charge is 0.263 e. The standard InChI is InChI=1S/C14H11ClN2O2S/c1-10-6-7-12(8-13(10)15)17-20(18,19)14-5-3-2-4-11(14)9-16/h2-8,17H,1H3. The van der Waals surface area contributed by atoms with Crippen LogP contribution in [0.3, 0.4) is 0 Å². The third-order valence-corrected chi connectivity index (χ3v) is 4.57. The first-order chi connectivity index (χ1) is 9.44. The first kappa shape index (κ1) is 14.4. The van der Waals surface area contributed by atoms with E-state index >= 15 is 0 Å². The van der Waals surface area contributed by atoms with E-state index in [1.807, 2.05) is 13.0 Å². The molecule has 0 aliphatic heterocycles. The van der Waals surface area contributed by atoms with E-state index in [-0.39, 0.29) is 10.5 Å². The van der Waals surface area contributed by atoms with Gasteiger partial charge in [-0.05, 0) is 36.8 Å². The number of anilines is 1. The van der Waals surface area contributed by atoms with Crippen molar-refractivity contribution < 1.29 is 8.42 Å². The van der Waals surface area contributed by atoms with Gasteiger partial charge >= 0.3 is 0 Å². The number of benzene rings is 2. The Morgan fingerprint density at radius 3 is 2.55 bits per heavy atom. The van der Waals surface area contributed by atoms with Crippen LogP contribution in [0, 0.1) is 18.3 Å². The van der Waals surface area contributed by atoms with Gasteiger partial charge in [0.1, 0.15) is 11.0 Å². The molecule has 0 aliphatic carbocycles. The fraction of sp³-hybridized carbons (Fsp3) is 0.0714. The first-order valence-corrected chi connectivity index (χ1v) is 7.58. The molecule has 0 radical (unpaired) electrons. The van der Waals surface area contributed by atoms with Crippen molar-refractivity contribution in [1.29, 1.82) is 5.26 Å². The molecule has 0 heterocycles. The molecular weight excluding hydrogens is 296 g/mol. The third-order valence-electron chi connectivity index (χ3n) is 2.72. The molecule has 0 aromatic heterocycles. The summed E-state index contributed by atoms with van der Waals surface area (Å²) in [6.07, 6.45) is 0. The number of nitrogens with one attached hydrogen (secondary N) is 1. The van der Waals surface area contributed by atoms with Crippen LogP contribution >= 0.6 is 11.6 Å². The highest BCUT2D eigenvalue weighted by Gasteiger charge is 2.18. The summed E-state index contributed by atoms with van der Waals surface area (Å²) < 4.78 is 27.0. The Balaban J connectivity index is 2.41. The van der Waals surface area contributed by atoms with E-state index in [1.165, 1.54) is 18.2 Å². The maximum Gasteiger partial charge on any atom is 0.263 e. The molecule has 20 heavy (non-hydrogen) atoms. The summed E-state index contributed by atoms with van der Waals surface area (Å²) in [6.45, 7) is 1.82. The van der Waals surface area contributed by atoms with Crippen LogP contribution in [-0.4, -0.2) is 8.42 Å². The predicted octanol–water partition coefficient (Wildman–Crippen LogP) is 3.32. The van der Waals surface area contributed by atoms with Crippen LogP contribution in [0.5, 0.6) is 0 Å². The number of halogens is 1. The lowest BCUT2D eigenvalue weighted by Gasteiger charge is -2.10. The summed E-state index contributed by atoms with van der Waals surface area (Å²) in [4.78, 5) is -0.0563. The zero-order valence-corrected chi connectivity index (χ0v) is 12.2. The molecule has 0 saturated heterocycles. The predicted molar refractivity (Wildman–Crippen MR) is 78.2 cm³/mol. The Bertz CT molecular complexity index is 795. The van der Waals surface area contributed by atoms with Gasteiger partial charge in [-0.2, -0.15) is 5.26 Å². The van der Waals surface area contributed by atoms with Crippen LogP contribution in [0.25, 0.3) is 0 Å². The quantitative estimate of drug-likeness (QED) is 0.945. The van der Waals surface area contributed by atoms with E-state index in [0.717, 1.165) is 5.56 Å². The number of sulfonamides is 1. The van der Waals surface area contributed by atoms with Gasteiger partial charge in [-0.1, -0.05) is 29.8 Å². The van der Waals surface area contributed by atoms with Crippen LogP contribution in [0.4, 0.5) is 5.69 Å². The largest absolute Gasteiger partial charge is 0.280 e. The lowest BCUT2D eigenvalue weighted by molar-refractivity contribution is 0.601. The molecule has 2 aromatic rings. The number of hydrogen-bond donors (Lipinski definition) is 1. The monoisotopic (exact) mass is 306 g/mol. The summed E-state index contributed by atoms with van der Waals surface area (Å²) in [6, 6.07) is 12.8. The molecule has 0 bridgehead atoms. The highest BCUT2D eigenvalue weighted by Crippen LogP contribution is 2.23. The van der Waals surface area contributed by atoms with E-state index in [9.17, 15) is 8.42 Å². The molecule has 2 aromatic carbocycles. The van der Waals surface area contributed by atoms with Crippen LogP contribution in [0.1, 0.15) is 11.1 Å². The number of rotatable bonds is 3. The normalized spacial score (nSPS) is 10.8. The minimum atomic E-state index is -3.82. The minimum Gasteiger partial charge on any atom is -0.280 e. The summed E-state index contributed by atoms with van der Waals surface area (Å²) >= 11 is 5.96. The molecular formula is C14H11ClN2O2S. The van der Waals surface area contributed by atoms with Gasteiger partial charge in [0.05, 0.1) is 11.3 Å². The minimum absolute atomic E-state index is 0.0563. The maximum atomic E-state index is 12.3. The van der Waals surface area contributed by atoms with Gasteiger partial charge in [0, 0.05) is 5.02 Å². The van der Waals surface area contributed by atoms with Crippen molar-refractivity contribution in [2.24, 2.45) is 0 Å². The number of aryl methyl sites for hydroxylation is 1. The molecule has 4 nitrogen and oxygen atoms in total. The van der Waals surface area contributed by atoms with Crippen LogP contribution < -0.4 is 4.72 Å². The highest BCUT2D eigenvalue weighted by molar-refractivity contribution is 7.92. The van der Waals surface area contributed by atoms with Gasteiger partial charge in [0.15, 0.2) is 0 Å². The number of nitrogens with zero attached hydrogens (tertiary/aromatic N) is 1. The first-order valence-electron chi connectivity index (χ1n) is 5.72. The molecule has 0 unspecified atom stereocenters. The third kappa shape index (κ3) is 2.93. The zero-order chi connectivity index (χ0) is 14.8. The Kier molecular flexibility index (Phi) is 3.98. The molecule has 102 valence electrons. The molecule has 1 N–H and O–H groups in total. The van der Waals surface area contributed by atoms with Crippen molar-refractivity contribution in [3.8, 4) is 6.07 Å². The molecule has 6 heteroatoms. The average Bonchev–Trinajstić information content (AvgIpc) is 2.42. The van der Waals surface area contributed by atoms with Crippen molar-refractivity contribution >= 4 is 27.3 Å². The molecule has 0 fully saturated rings. The van der Waals surface area contributed by atoms with Crippen molar-refractivity contribution in [2.75, 3.05) is 4.72 Å². The van der Waals surface area contributed by atoms with E-state index in [2.05, 4.69) is 4.72 Å². The van der Waals surface area contributed by atoms with Crippen molar-refractivity contribution in [3.63, 3.8) is 0 Å². The second kappa shape index (κ2) is 5.53. The van der Waals surface area contributed by atoms with Crippen molar-refractivity contribution in [2.45, 2.75) is 11.8 Å². The van der Waals surface area contributed by atoms with Crippen molar-refractivity contribution in [3.05, 3.63) is 58.6 Å². The lowest BCUT2D eigenvalue weighted by atomic mass is 10.2. The zero-order valence-electron chi connectivity index (χ0n) is 10.6. The maximum absolute atomic E-state index is 12.3. The second-order valence-corrected chi connectivity index (χ2v) is 6.24. The summed E-state index contributed by atoms with van der Waals surface area (Å²) in [7, 11) is -3.82. The fourth-order valence-electron chi connectivity index (χ4n) is 1.66. The molecule has 2 rings (SSSR count). The Hall–Kier alpha value is -2.03. The Labute approximate surface area is 122 Å². The fourth-order valence-corrected chi connectivity index (χ4v) is 3.05. The van der Waals surface area contributed by atoms with Gasteiger partial charge in [-0.3, -0.25) is 4.72 Å². The van der Waals surface area contributed by atoms with Crippen LogP contribution in [-0.2, 0) is 10.0 Å². The number of hydrogen-bond acceptors (Lipinski definition) is 3. The van der Waals surface area contributed by atoms with Crippen LogP contribution in [0.2, 0.25) is 5.02 Å². The Morgan fingerprint density at radius 2 is 1.90 bits per heavy atom. The molecule has 0 aliphatic rings. The molecule has 0 atom stereocenters. The highest BCUT2D eigenvalue weighted by atomic mass is 35.5. The van der Waals surface area contributed by atoms with Gasteiger partial charge in [0.2, 0.25) is 0 Å². The SMILES string of the molecule is Cc1ccc(NS(=O)(=O)c2ccccc2C#N)cc1Cl.